The average molecular weight is 333 g/mol. The van der Waals surface area contributed by atoms with Gasteiger partial charge in [0.1, 0.15) is 5.76 Å². The highest BCUT2D eigenvalue weighted by molar-refractivity contribution is 6.30. The minimum atomic E-state index is 0.358. The molecule has 1 aliphatic rings. The van der Waals surface area contributed by atoms with Crippen LogP contribution in [0.5, 0.6) is 0 Å². The molecular formula is C17H21ClN4O. The zero-order valence-corrected chi connectivity index (χ0v) is 13.9. The molecule has 1 aromatic carbocycles. The molecule has 122 valence electrons. The second kappa shape index (κ2) is 7.42. The molecule has 23 heavy (non-hydrogen) atoms. The molecule has 0 aliphatic carbocycles. The maximum atomic E-state index is 6.08. The number of anilines is 1. The van der Waals surface area contributed by atoms with Crippen LogP contribution in [0.2, 0.25) is 5.02 Å². The van der Waals surface area contributed by atoms with Crippen LogP contribution in [0.4, 0.5) is 5.69 Å². The third-order valence-electron chi connectivity index (χ3n) is 3.94. The molecule has 2 aromatic rings. The largest absolute Gasteiger partial charge is 0.467 e. The fraction of sp³-hybridized carbons (Fsp3) is 0.353. The Morgan fingerprint density at radius 3 is 3.04 bits per heavy atom. The summed E-state index contributed by atoms with van der Waals surface area (Å²) in [7, 11) is 1.78. The van der Waals surface area contributed by atoms with Gasteiger partial charge in [0, 0.05) is 36.9 Å². The van der Waals surface area contributed by atoms with Gasteiger partial charge < -0.3 is 20.0 Å². The van der Waals surface area contributed by atoms with Gasteiger partial charge in [0.05, 0.1) is 12.8 Å². The molecule has 1 unspecified atom stereocenters. The lowest BCUT2D eigenvalue weighted by Gasteiger charge is -2.20. The van der Waals surface area contributed by atoms with E-state index in [1.165, 1.54) is 5.69 Å². The van der Waals surface area contributed by atoms with Crippen LogP contribution in [0.15, 0.2) is 52.1 Å². The first-order valence-electron chi connectivity index (χ1n) is 7.74. The Kier molecular flexibility index (Phi) is 5.08. The third kappa shape index (κ3) is 4.20. The van der Waals surface area contributed by atoms with E-state index < -0.39 is 0 Å². The van der Waals surface area contributed by atoms with Gasteiger partial charge in [-0.15, -0.1) is 0 Å². The molecule has 0 saturated carbocycles. The van der Waals surface area contributed by atoms with Gasteiger partial charge in [0.25, 0.3) is 0 Å². The molecule has 0 amide bonds. The van der Waals surface area contributed by atoms with Gasteiger partial charge >= 0.3 is 0 Å². The first-order chi connectivity index (χ1) is 11.2. The Morgan fingerprint density at radius 1 is 1.39 bits per heavy atom. The number of hydrogen-bond donors (Lipinski definition) is 2. The average Bonchev–Trinajstić information content (AvgIpc) is 3.23. The van der Waals surface area contributed by atoms with Crippen molar-refractivity contribution in [2.24, 2.45) is 4.99 Å². The maximum Gasteiger partial charge on any atom is 0.191 e. The van der Waals surface area contributed by atoms with Crippen molar-refractivity contribution < 1.29 is 4.42 Å². The Morgan fingerprint density at radius 2 is 2.30 bits per heavy atom. The van der Waals surface area contributed by atoms with Crippen molar-refractivity contribution in [3.8, 4) is 0 Å². The number of hydrogen-bond acceptors (Lipinski definition) is 3. The van der Waals surface area contributed by atoms with Gasteiger partial charge in [-0.1, -0.05) is 17.7 Å². The minimum Gasteiger partial charge on any atom is -0.467 e. The zero-order valence-electron chi connectivity index (χ0n) is 13.1. The van der Waals surface area contributed by atoms with Crippen LogP contribution in [0.3, 0.4) is 0 Å². The van der Waals surface area contributed by atoms with Crippen molar-refractivity contribution >= 4 is 23.2 Å². The molecular weight excluding hydrogens is 312 g/mol. The number of furan rings is 1. The van der Waals surface area contributed by atoms with Gasteiger partial charge in [-0.05, 0) is 36.8 Å². The van der Waals surface area contributed by atoms with E-state index in [0.29, 0.717) is 12.6 Å². The summed E-state index contributed by atoms with van der Waals surface area (Å²) in [6.07, 6.45) is 2.74. The summed E-state index contributed by atoms with van der Waals surface area (Å²) in [6.45, 7) is 2.56. The van der Waals surface area contributed by atoms with Gasteiger partial charge in [0.15, 0.2) is 5.96 Å². The lowest BCUT2D eigenvalue weighted by molar-refractivity contribution is 0.500. The quantitative estimate of drug-likeness (QED) is 0.667. The Labute approximate surface area is 141 Å². The molecule has 1 saturated heterocycles. The lowest BCUT2D eigenvalue weighted by atomic mass is 10.2. The van der Waals surface area contributed by atoms with E-state index in [1.807, 2.05) is 30.3 Å². The molecule has 1 atom stereocenters. The van der Waals surface area contributed by atoms with Crippen molar-refractivity contribution in [1.82, 2.24) is 10.6 Å². The second-order valence-corrected chi connectivity index (χ2v) is 6.00. The fourth-order valence-electron chi connectivity index (χ4n) is 2.76. The molecule has 2 N–H and O–H groups in total. The van der Waals surface area contributed by atoms with E-state index in [1.54, 1.807) is 13.3 Å². The maximum absolute atomic E-state index is 6.08. The predicted octanol–water partition coefficient (Wildman–Crippen LogP) is 2.88. The smallest absolute Gasteiger partial charge is 0.191 e. The lowest BCUT2D eigenvalue weighted by Crippen LogP contribution is -2.44. The summed E-state index contributed by atoms with van der Waals surface area (Å²) in [4.78, 5) is 6.61. The molecule has 0 radical (unpaired) electrons. The predicted molar refractivity (Wildman–Crippen MR) is 94.1 cm³/mol. The molecule has 1 aliphatic heterocycles. The molecule has 1 fully saturated rings. The Hall–Kier alpha value is -2.14. The van der Waals surface area contributed by atoms with Crippen molar-refractivity contribution in [3.63, 3.8) is 0 Å². The third-order valence-corrected chi connectivity index (χ3v) is 4.17. The zero-order chi connectivity index (χ0) is 16.1. The standard InChI is InChI=1S/C17H21ClN4O/c1-19-17(20-11-16-6-3-9-23-16)21-14-7-8-22(12-14)15-5-2-4-13(18)10-15/h2-6,9-10,14H,7-8,11-12H2,1H3,(H2,19,20,21). The molecule has 0 bridgehead atoms. The molecule has 1 aromatic heterocycles. The summed E-state index contributed by atoms with van der Waals surface area (Å²) in [5, 5.41) is 7.51. The topological polar surface area (TPSA) is 52.8 Å². The number of aliphatic imine (C=N–C) groups is 1. The Balaban J connectivity index is 1.52. The van der Waals surface area contributed by atoms with Crippen LogP contribution in [0, 0.1) is 0 Å². The number of rotatable bonds is 4. The van der Waals surface area contributed by atoms with E-state index in [-0.39, 0.29) is 0 Å². The molecule has 5 nitrogen and oxygen atoms in total. The summed E-state index contributed by atoms with van der Waals surface area (Å²) >= 11 is 6.08. The van der Waals surface area contributed by atoms with Gasteiger partial charge in [0.2, 0.25) is 0 Å². The van der Waals surface area contributed by atoms with E-state index >= 15 is 0 Å². The Bertz CT molecular complexity index is 656. The summed E-state index contributed by atoms with van der Waals surface area (Å²) in [6, 6.07) is 12.2. The van der Waals surface area contributed by atoms with E-state index in [9.17, 15) is 0 Å². The van der Waals surface area contributed by atoms with Gasteiger partial charge in [-0.25, -0.2) is 0 Å². The van der Waals surface area contributed by atoms with Crippen LogP contribution >= 0.6 is 11.6 Å². The van der Waals surface area contributed by atoms with Crippen LogP contribution in [0.25, 0.3) is 0 Å². The first-order valence-corrected chi connectivity index (χ1v) is 8.12. The SMILES string of the molecule is CN=C(NCc1ccco1)NC1CCN(c2cccc(Cl)c2)C1. The number of nitrogens with one attached hydrogen (secondary N) is 2. The van der Waals surface area contributed by atoms with E-state index in [2.05, 4.69) is 26.6 Å². The van der Waals surface area contributed by atoms with Crippen molar-refractivity contribution in [1.29, 1.82) is 0 Å². The van der Waals surface area contributed by atoms with Crippen LogP contribution in [-0.2, 0) is 6.54 Å². The first kappa shape index (κ1) is 15.7. The van der Waals surface area contributed by atoms with Gasteiger partial charge in [-0.2, -0.15) is 0 Å². The number of guanidine groups is 1. The molecule has 6 heteroatoms. The van der Waals surface area contributed by atoms with Crippen LogP contribution < -0.4 is 15.5 Å². The monoisotopic (exact) mass is 332 g/mol. The molecule has 2 heterocycles. The van der Waals surface area contributed by atoms with E-state index in [0.717, 1.165) is 36.3 Å². The highest BCUT2D eigenvalue weighted by atomic mass is 35.5. The number of benzene rings is 1. The van der Waals surface area contributed by atoms with E-state index in [4.69, 9.17) is 16.0 Å². The highest BCUT2D eigenvalue weighted by Gasteiger charge is 2.23. The van der Waals surface area contributed by atoms with Gasteiger partial charge in [-0.3, -0.25) is 4.99 Å². The van der Waals surface area contributed by atoms with Crippen molar-refractivity contribution in [2.45, 2.75) is 19.0 Å². The second-order valence-electron chi connectivity index (χ2n) is 5.56. The molecule has 3 rings (SSSR count). The minimum absolute atomic E-state index is 0.358. The fourth-order valence-corrected chi connectivity index (χ4v) is 2.94. The van der Waals surface area contributed by atoms with Crippen LogP contribution in [0.1, 0.15) is 12.2 Å². The van der Waals surface area contributed by atoms with Crippen LogP contribution in [-0.4, -0.2) is 32.1 Å². The van der Waals surface area contributed by atoms with Crippen molar-refractivity contribution in [3.05, 3.63) is 53.4 Å². The summed E-state index contributed by atoms with van der Waals surface area (Å²) in [5.74, 6) is 1.68. The molecule has 0 spiro atoms. The summed E-state index contributed by atoms with van der Waals surface area (Å²) < 4.78 is 5.32. The normalized spacial score (nSPS) is 18.3. The number of halogens is 1. The highest BCUT2D eigenvalue weighted by Crippen LogP contribution is 2.23. The summed E-state index contributed by atoms with van der Waals surface area (Å²) in [5.41, 5.74) is 1.17. The number of nitrogens with zero attached hydrogens (tertiary/aromatic N) is 2. The van der Waals surface area contributed by atoms with Crippen molar-refractivity contribution in [2.75, 3.05) is 25.0 Å².